The van der Waals surface area contributed by atoms with Crippen LogP contribution in [-0.2, 0) is 4.79 Å². The molecule has 0 aliphatic carbocycles. The molecule has 1 amide bonds. The maximum absolute atomic E-state index is 12.2. The molecule has 8 heteroatoms. The summed E-state index contributed by atoms with van der Waals surface area (Å²) in [5.41, 5.74) is 1.37. The lowest BCUT2D eigenvalue weighted by molar-refractivity contribution is -0.385. The lowest BCUT2D eigenvalue weighted by Gasteiger charge is -2.09. The molecule has 2 heterocycles. The summed E-state index contributed by atoms with van der Waals surface area (Å²) in [4.78, 5) is 24.8. The highest BCUT2D eigenvalue weighted by Crippen LogP contribution is 2.34. The van der Waals surface area contributed by atoms with Gasteiger partial charge in [0.15, 0.2) is 0 Å². The summed E-state index contributed by atoms with van der Waals surface area (Å²) in [6.45, 7) is 4.09. The van der Waals surface area contributed by atoms with Gasteiger partial charge in [-0.2, -0.15) is 0 Å². The fraction of sp³-hybridized carbons (Fsp3) is 0.176. The van der Waals surface area contributed by atoms with Gasteiger partial charge in [0.2, 0.25) is 0 Å². The normalized spacial score (nSPS) is 16.1. The predicted molar refractivity (Wildman–Crippen MR) is 101 cm³/mol. The third-order valence-electron chi connectivity index (χ3n) is 3.77. The molecular weight excluding hydrogens is 360 g/mol. The van der Waals surface area contributed by atoms with Crippen LogP contribution in [0.15, 0.2) is 39.7 Å². The van der Waals surface area contributed by atoms with E-state index in [9.17, 15) is 14.9 Å². The van der Waals surface area contributed by atoms with E-state index < -0.39 is 4.92 Å². The van der Waals surface area contributed by atoms with Crippen LogP contribution < -0.4 is 0 Å². The Kier molecular flexibility index (Phi) is 4.73. The summed E-state index contributed by atoms with van der Waals surface area (Å²) < 4.78 is 6.30. The third kappa shape index (κ3) is 3.35. The molecule has 0 N–H and O–H groups in total. The van der Waals surface area contributed by atoms with E-state index in [0.717, 1.165) is 5.56 Å². The Balaban J connectivity index is 1.87. The van der Waals surface area contributed by atoms with Gasteiger partial charge < -0.3 is 4.42 Å². The first-order valence-corrected chi connectivity index (χ1v) is 8.73. The molecule has 1 saturated heterocycles. The van der Waals surface area contributed by atoms with Crippen LogP contribution in [0.4, 0.5) is 5.69 Å². The molecule has 0 atom stereocenters. The molecule has 1 fully saturated rings. The van der Waals surface area contributed by atoms with Crippen LogP contribution >= 0.6 is 24.0 Å². The van der Waals surface area contributed by atoms with E-state index in [1.165, 1.54) is 22.7 Å². The standard InChI is InChI=1S/C17H14N2O4S2/c1-3-18-16(20)15(25-17(18)24)9-12-5-7-14(23-12)11-4-6-13(19(21)22)10(2)8-11/h4-9H,3H2,1-2H3. The number of nitro groups is 1. The first-order valence-electron chi connectivity index (χ1n) is 7.51. The Morgan fingerprint density at radius 3 is 2.72 bits per heavy atom. The summed E-state index contributed by atoms with van der Waals surface area (Å²) in [6, 6.07) is 8.33. The van der Waals surface area contributed by atoms with Gasteiger partial charge in [-0.1, -0.05) is 24.0 Å². The van der Waals surface area contributed by atoms with Crippen molar-refractivity contribution in [1.29, 1.82) is 0 Å². The van der Waals surface area contributed by atoms with Crippen LogP contribution in [0, 0.1) is 17.0 Å². The smallest absolute Gasteiger partial charge is 0.272 e. The van der Waals surface area contributed by atoms with Gasteiger partial charge in [0, 0.05) is 29.8 Å². The largest absolute Gasteiger partial charge is 0.457 e. The quantitative estimate of drug-likeness (QED) is 0.342. The first kappa shape index (κ1) is 17.4. The van der Waals surface area contributed by atoms with E-state index in [2.05, 4.69) is 0 Å². The van der Waals surface area contributed by atoms with Gasteiger partial charge in [0.05, 0.1) is 9.83 Å². The minimum absolute atomic E-state index is 0.0683. The van der Waals surface area contributed by atoms with Crippen molar-refractivity contribution in [2.45, 2.75) is 13.8 Å². The molecule has 0 radical (unpaired) electrons. The summed E-state index contributed by atoms with van der Waals surface area (Å²) >= 11 is 6.43. The lowest BCUT2D eigenvalue weighted by Crippen LogP contribution is -2.27. The van der Waals surface area contributed by atoms with Crippen molar-refractivity contribution in [2.24, 2.45) is 0 Å². The number of nitro benzene ring substituents is 1. The maximum Gasteiger partial charge on any atom is 0.272 e. The number of carbonyl (C=O) groups is 1. The fourth-order valence-corrected chi connectivity index (χ4v) is 3.87. The average Bonchev–Trinajstić information content (AvgIpc) is 3.12. The van der Waals surface area contributed by atoms with Crippen molar-refractivity contribution in [3.63, 3.8) is 0 Å². The van der Waals surface area contributed by atoms with Gasteiger partial charge in [-0.25, -0.2) is 0 Å². The second-order valence-electron chi connectivity index (χ2n) is 5.39. The van der Waals surface area contributed by atoms with Crippen molar-refractivity contribution in [1.82, 2.24) is 4.90 Å². The average molecular weight is 374 g/mol. The molecule has 2 aromatic rings. The maximum atomic E-state index is 12.2. The van der Waals surface area contributed by atoms with Crippen LogP contribution in [0.3, 0.4) is 0 Å². The Morgan fingerprint density at radius 2 is 2.12 bits per heavy atom. The molecule has 1 aromatic heterocycles. The molecule has 3 rings (SSSR count). The fourth-order valence-electron chi connectivity index (χ4n) is 2.50. The number of benzene rings is 1. The Labute approximate surface area is 153 Å². The lowest BCUT2D eigenvalue weighted by atomic mass is 10.1. The van der Waals surface area contributed by atoms with Gasteiger partial charge in [-0.15, -0.1) is 0 Å². The number of nitrogens with zero attached hydrogens (tertiary/aromatic N) is 2. The number of rotatable bonds is 4. The minimum atomic E-state index is -0.414. The minimum Gasteiger partial charge on any atom is -0.457 e. The van der Waals surface area contributed by atoms with Crippen LogP contribution in [0.5, 0.6) is 0 Å². The Bertz CT molecular complexity index is 917. The zero-order chi connectivity index (χ0) is 18.1. The molecular formula is C17H14N2O4S2. The number of thioether (sulfide) groups is 1. The van der Waals surface area contributed by atoms with Crippen LogP contribution in [0.2, 0.25) is 0 Å². The number of thiocarbonyl (C=S) groups is 1. The van der Waals surface area contributed by atoms with Crippen molar-refractivity contribution < 1.29 is 14.1 Å². The zero-order valence-corrected chi connectivity index (χ0v) is 15.1. The molecule has 128 valence electrons. The number of aryl methyl sites for hydroxylation is 1. The molecule has 0 spiro atoms. The second-order valence-corrected chi connectivity index (χ2v) is 7.06. The molecule has 1 aliphatic heterocycles. The summed E-state index contributed by atoms with van der Waals surface area (Å²) in [5, 5.41) is 10.9. The molecule has 1 aliphatic rings. The van der Waals surface area contributed by atoms with Gasteiger partial charge in [-0.3, -0.25) is 19.8 Å². The van der Waals surface area contributed by atoms with Crippen LogP contribution in [0.25, 0.3) is 17.4 Å². The van der Waals surface area contributed by atoms with E-state index in [1.807, 2.05) is 6.92 Å². The highest BCUT2D eigenvalue weighted by molar-refractivity contribution is 8.26. The number of hydrogen-bond acceptors (Lipinski definition) is 6. The predicted octanol–water partition coefficient (Wildman–Crippen LogP) is 4.38. The Morgan fingerprint density at radius 1 is 1.36 bits per heavy atom. The first-order chi connectivity index (χ1) is 11.9. The van der Waals surface area contributed by atoms with E-state index in [1.54, 1.807) is 37.3 Å². The number of likely N-dealkylation sites (N-methyl/N-ethyl adjacent to an activating group) is 1. The molecule has 25 heavy (non-hydrogen) atoms. The van der Waals surface area contributed by atoms with Crippen molar-refractivity contribution in [2.75, 3.05) is 6.54 Å². The molecule has 0 bridgehead atoms. The van der Waals surface area contributed by atoms with Crippen LogP contribution in [0.1, 0.15) is 18.2 Å². The number of furan rings is 1. The van der Waals surface area contributed by atoms with Gasteiger partial charge in [0.1, 0.15) is 15.8 Å². The topological polar surface area (TPSA) is 76.6 Å². The number of hydrogen-bond donors (Lipinski definition) is 0. The van der Waals surface area contributed by atoms with Crippen LogP contribution in [-0.4, -0.2) is 26.6 Å². The van der Waals surface area contributed by atoms with E-state index in [-0.39, 0.29) is 11.6 Å². The molecule has 0 saturated carbocycles. The second kappa shape index (κ2) is 6.81. The zero-order valence-electron chi connectivity index (χ0n) is 13.5. The van der Waals surface area contributed by atoms with E-state index in [0.29, 0.717) is 32.9 Å². The highest BCUT2D eigenvalue weighted by Gasteiger charge is 2.30. The van der Waals surface area contributed by atoms with E-state index >= 15 is 0 Å². The van der Waals surface area contributed by atoms with E-state index in [4.69, 9.17) is 16.6 Å². The highest BCUT2D eigenvalue weighted by atomic mass is 32.2. The van der Waals surface area contributed by atoms with Gasteiger partial charge in [0.25, 0.3) is 11.6 Å². The summed E-state index contributed by atoms with van der Waals surface area (Å²) in [7, 11) is 0. The Hall–Kier alpha value is -2.45. The van der Waals surface area contributed by atoms with Crippen molar-refractivity contribution in [3.05, 3.63) is 56.7 Å². The molecule has 6 nitrogen and oxygen atoms in total. The van der Waals surface area contributed by atoms with Gasteiger partial charge >= 0.3 is 0 Å². The van der Waals surface area contributed by atoms with Crippen molar-refractivity contribution >= 4 is 46.0 Å². The summed E-state index contributed by atoms with van der Waals surface area (Å²) in [6.07, 6.45) is 1.66. The SMILES string of the molecule is CCN1C(=O)C(=Cc2ccc(-c3ccc([N+](=O)[O-])c(C)c3)o2)SC1=S. The molecule has 0 unspecified atom stereocenters. The monoisotopic (exact) mass is 374 g/mol. The number of amides is 1. The third-order valence-corrected chi connectivity index (χ3v) is 5.15. The molecule has 1 aromatic carbocycles. The van der Waals surface area contributed by atoms with Gasteiger partial charge in [-0.05, 0) is 38.1 Å². The van der Waals surface area contributed by atoms with Crippen molar-refractivity contribution in [3.8, 4) is 11.3 Å². The summed E-state index contributed by atoms with van der Waals surface area (Å²) in [5.74, 6) is 0.986. The number of carbonyl (C=O) groups excluding carboxylic acids is 1.